The van der Waals surface area contributed by atoms with Gasteiger partial charge in [0.15, 0.2) is 0 Å². The molecule has 168 valence electrons. The van der Waals surface area contributed by atoms with Crippen molar-refractivity contribution in [2.75, 3.05) is 11.9 Å². The third-order valence-corrected chi connectivity index (χ3v) is 4.67. The number of rotatable bonds is 10. The molecule has 8 heteroatoms. The van der Waals surface area contributed by atoms with Gasteiger partial charge in [0.1, 0.15) is 5.75 Å². The number of ether oxygens (including phenoxy) is 1. The fourth-order valence-corrected chi connectivity index (χ4v) is 2.90. The van der Waals surface area contributed by atoms with Crippen molar-refractivity contribution in [1.82, 2.24) is 15.5 Å². The van der Waals surface area contributed by atoms with Crippen molar-refractivity contribution in [3.05, 3.63) is 60.0 Å². The lowest BCUT2D eigenvalue weighted by molar-refractivity contribution is -0.121. The van der Waals surface area contributed by atoms with Crippen LogP contribution < -0.4 is 15.4 Å². The minimum absolute atomic E-state index is 0.0460. The van der Waals surface area contributed by atoms with Gasteiger partial charge in [-0.05, 0) is 48.9 Å². The van der Waals surface area contributed by atoms with Crippen molar-refractivity contribution < 1.29 is 18.8 Å². The van der Waals surface area contributed by atoms with Gasteiger partial charge in [-0.3, -0.25) is 9.59 Å². The highest BCUT2D eigenvalue weighted by Crippen LogP contribution is 2.20. The van der Waals surface area contributed by atoms with Crippen LogP contribution in [0.2, 0.25) is 0 Å². The molecule has 3 rings (SSSR count). The van der Waals surface area contributed by atoms with E-state index in [1.54, 1.807) is 0 Å². The van der Waals surface area contributed by atoms with Gasteiger partial charge in [-0.25, -0.2) is 0 Å². The second kappa shape index (κ2) is 11.1. The molecule has 0 radical (unpaired) electrons. The summed E-state index contributed by atoms with van der Waals surface area (Å²) in [5, 5.41) is 9.71. The number of anilines is 1. The maximum atomic E-state index is 12.2. The second-order valence-electron chi connectivity index (χ2n) is 7.59. The number of benzene rings is 2. The zero-order chi connectivity index (χ0) is 22.9. The van der Waals surface area contributed by atoms with Crippen molar-refractivity contribution in [2.45, 2.75) is 40.2 Å². The normalized spacial score (nSPS) is 10.8. The first kappa shape index (κ1) is 23.0. The van der Waals surface area contributed by atoms with E-state index >= 15 is 0 Å². The molecule has 3 aromatic rings. The van der Waals surface area contributed by atoms with Crippen LogP contribution in [0.25, 0.3) is 11.4 Å². The van der Waals surface area contributed by atoms with Crippen LogP contribution in [0.4, 0.5) is 5.69 Å². The summed E-state index contributed by atoms with van der Waals surface area (Å²) in [6, 6.07) is 14.8. The molecule has 0 aliphatic carbocycles. The number of hydrogen-bond acceptors (Lipinski definition) is 6. The number of amides is 2. The number of nitrogens with zero attached hydrogens (tertiary/aromatic N) is 2. The number of carbonyl (C=O) groups is 2. The van der Waals surface area contributed by atoms with E-state index in [0.29, 0.717) is 37.0 Å². The lowest BCUT2D eigenvalue weighted by atomic mass is 10.1. The molecule has 0 saturated heterocycles. The van der Waals surface area contributed by atoms with Crippen LogP contribution in [0, 0.1) is 5.92 Å². The molecule has 2 amide bonds. The summed E-state index contributed by atoms with van der Waals surface area (Å²) in [5.74, 6) is 1.39. The van der Waals surface area contributed by atoms with E-state index in [9.17, 15) is 9.59 Å². The number of carbonyl (C=O) groups excluding carboxylic acids is 2. The quantitative estimate of drug-likeness (QED) is 0.498. The average molecular weight is 437 g/mol. The standard InChI is InChI=1S/C24H28N4O4/c1-4-31-20-10-8-18(9-11-20)23-27-22(32-28-23)13-12-21(29)25-15-17-6-5-7-19(14-17)26-24(30)16(2)3/h5-11,14,16H,4,12-13,15H2,1-3H3,(H,25,29)(H,26,30). The molecular weight excluding hydrogens is 408 g/mol. The number of hydrogen-bond donors (Lipinski definition) is 2. The SMILES string of the molecule is CCOc1ccc(-c2noc(CCC(=O)NCc3cccc(NC(=O)C(C)C)c3)n2)cc1. The lowest BCUT2D eigenvalue weighted by Gasteiger charge is -2.10. The van der Waals surface area contributed by atoms with E-state index in [2.05, 4.69) is 20.8 Å². The van der Waals surface area contributed by atoms with Crippen molar-refractivity contribution in [1.29, 1.82) is 0 Å². The Hall–Kier alpha value is -3.68. The zero-order valence-corrected chi connectivity index (χ0v) is 18.6. The summed E-state index contributed by atoms with van der Waals surface area (Å²) >= 11 is 0. The Balaban J connectivity index is 1.47. The Morgan fingerprint density at radius 3 is 2.62 bits per heavy atom. The minimum atomic E-state index is -0.123. The smallest absolute Gasteiger partial charge is 0.227 e. The molecular formula is C24H28N4O4. The van der Waals surface area contributed by atoms with E-state index in [0.717, 1.165) is 16.9 Å². The number of nitrogens with one attached hydrogen (secondary N) is 2. The second-order valence-corrected chi connectivity index (χ2v) is 7.59. The van der Waals surface area contributed by atoms with E-state index in [4.69, 9.17) is 9.26 Å². The first-order valence-electron chi connectivity index (χ1n) is 10.7. The van der Waals surface area contributed by atoms with Gasteiger partial charge >= 0.3 is 0 Å². The molecule has 0 aliphatic rings. The van der Waals surface area contributed by atoms with E-state index < -0.39 is 0 Å². The molecule has 8 nitrogen and oxygen atoms in total. The molecule has 0 aliphatic heterocycles. The molecule has 32 heavy (non-hydrogen) atoms. The topological polar surface area (TPSA) is 106 Å². The molecule has 0 spiro atoms. The van der Waals surface area contributed by atoms with Crippen LogP contribution in [0.15, 0.2) is 53.1 Å². The molecule has 0 unspecified atom stereocenters. The highest BCUT2D eigenvalue weighted by molar-refractivity contribution is 5.92. The number of aromatic nitrogens is 2. The van der Waals surface area contributed by atoms with Gasteiger partial charge in [0.2, 0.25) is 23.5 Å². The van der Waals surface area contributed by atoms with Crippen molar-refractivity contribution >= 4 is 17.5 Å². The molecule has 1 aromatic heterocycles. The summed E-state index contributed by atoms with van der Waals surface area (Å²) in [6.45, 7) is 6.58. The first-order valence-corrected chi connectivity index (χ1v) is 10.7. The molecule has 0 bridgehead atoms. The maximum absolute atomic E-state index is 12.2. The number of aryl methyl sites for hydroxylation is 1. The van der Waals surface area contributed by atoms with Crippen molar-refractivity contribution in [3.63, 3.8) is 0 Å². The summed E-state index contributed by atoms with van der Waals surface area (Å²) in [5.41, 5.74) is 2.43. The van der Waals surface area contributed by atoms with Crippen LogP contribution in [0.3, 0.4) is 0 Å². The highest BCUT2D eigenvalue weighted by Gasteiger charge is 2.11. The van der Waals surface area contributed by atoms with Crippen LogP contribution in [0.5, 0.6) is 5.75 Å². The summed E-state index contributed by atoms with van der Waals surface area (Å²) in [6.07, 6.45) is 0.578. The predicted molar refractivity (Wildman–Crippen MR) is 121 cm³/mol. The van der Waals surface area contributed by atoms with Gasteiger partial charge in [-0.2, -0.15) is 4.98 Å². The van der Waals surface area contributed by atoms with Gasteiger partial charge in [-0.1, -0.05) is 31.1 Å². The predicted octanol–water partition coefficient (Wildman–Crippen LogP) is 3.98. The Morgan fingerprint density at radius 2 is 1.91 bits per heavy atom. The Morgan fingerprint density at radius 1 is 1.12 bits per heavy atom. The van der Waals surface area contributed by atoms with Crippen LogP contribution in [-0.4, -0.2) is 28.6 Å². The maximum Gasteiger partial charge on any atom is 0.227 e. The molecule has 0 atom stereocenters. The van der Waals surface area contributed by atoms with Crippen molar-refractivity contribution in [3.8, 4) is 17.1 Å². The summed E-state index contributed by atoms with van der Waals surface area (Å²) in [4.78, 5) is 28.4. The minimum Gasteiger partial charge on any atom is -0.494 e. The van der Waals surface area contributed by atoms with Crippen LogP contribution in [-0.2, 0) is 22.6 Å². The first-order chi connectivity index (χ1) is 15.4. The van der Waals surface area contributed by atoms with Crippen molar-refractivity contribution in [2.24, 2.45) is 5.92 Å². The third-order valence-electron chi connectivity index (χ3n) is 4.67. The van der Waals surface area contributed by atoms with Gasteiger partial charge in [-0.15, -0.1) is 0 Å². The van der Waals surface area contributed by atoms with E-state index in [-0.39, 0.29) is 24.2 Å². The Bertz CT molecular complexity index is 1040. The van der Waals surface area contributed by atoms with E-state index in [1.807, 2.05) is 69.3 Å². The monoisotopic (exact) mass is 436 g/mol. The van der Waals surface area contributed by atoms with E-state index in [1.165, 1.54) is 0 Å². The molecule has 1 heterocycles. The third kappa shape index (κ3) is 6.66. The molecule has 0 saturated carbocycles. The Kier molecular flexibility index (Phi) is 7.96. The van der Waals surface area contributed by atoms with Gasteiger partial charge < -0.3 is 19.9 Å². The summed E-state index contributed by atoms with van der Waals surface area (Å²) in [7, 11) is 0. The fourth-order valence-electron chi connectivity index (χ4n) is 2.90. The van der Waals surface area contributed by atoms with Gasteiger partial charge in [0.05, 0.1) is 6.61 Å². The van der Waals surface area contributed by atoms with Crippen LogP contribution >= 0.6 is 0 Å². The lowest BCUT2D eigenvalue weighted by Crippen LogP contribution is -2.23. The molecule has 0 fully saturated rings. The van der Waals surface area contributed by atoms with Gasteiger partial charge in [0.25, 0.3) is 0 Å². The van der Waals surface area contributed by atoms with Gasteiger partial charge in [0, 0.05) is 36.6 Å². The zero-order valence-electron chi connectivity index (χ0n) is 18.6. The highest BCUT2D eigenvalue weighted by atomic mass is 16.5. The molecule has 2 aromatic carbocycles. The largest absolute Gasteiger partial charge is 0.494 e. The Labute approximate surface area is 187 Å². The summed E-state index contributed by atoms with van der Waals surface area (Å²) < 4.78 is 10.7. The average Bonchev–Trinajstić information content (AvgIpc) is 3.26. The fraction of sp³-hybridized carbons (Fsp3) is 0.333. The molecule has 2 N–H and O–H groups in total. The van der Waals surface area contributed by atoms with Crippen LogP contribution in [0.1, 0.15) is 38.6 Å².